The summed E-state index contributed by atoms with van der Waals surface area (Å²) >= 11 is 1.36. The van der Waals surface area contributed by atoms with Crippen molar-refractivity contribution in [2.75, 3.05) is 26.9 Å². The molecule has 1 heterocycles. The fourth-order valence-corrected chi connectivity index (χ4v) is 2.69. The Bertz CT molecular complexity index is 476. The van der Waals surface area contributed by atoms with Crippen LogP contribution in [0.3, 0.4) is 0 Å². The molecule has 0 saturated carbocycles. The summed E-state index contributed by atoms with van der Waals surface area (Å²) in [5, 5.41) is 2.39. The predicted octanol–water partition coefficient (Wildman–Crippen LogP) is 2.49. The number of hydrogen-bond acceptors (Lipinski definition) is 6. The van der Waals surface area contributed by atoms with Crippen LogP contribution in [0.1, 0.15) is 48.6 Å². The summed E-state index contributed by atoms with van der Waals surface area (Å²) in [4.78, 5) is 29.6. The van der Waals surface area contributed by atoms with Gasteiger partial charge in [0.25, 0.3) is 0 Å². The van der Waals surface area contributed by atoms with E-state index in [0.717, 1.165) is 17.8 Å². The van der Waals surface area contributed by atoms with Gasteiger partial charge in [-0.3, -0.25) is 4.79 Å². The van der Waals surface area contributed by atoms with Crippen LogP contribution in [0, 0.1) is 0 Å². The quantitative estimate of drug-likeness (QED) is 0.487. The number of nitrogens with zero attached hydrogens (tertiary/aromatic N) is 2. The minimum absolute atomic E-state index is 0.105. The number of carbonyl (C=O) groups is 2. The molecule has 1 aromatic heterocycles. The lowest BCUT2D eigenvalue weighted by Crippen LogP contribution is -2.31. The van der Waals surface area contributed by atoms with Crippen molar-refractivity contribution in [1.82, 2.24) is 9.88 Å². The van der Waals surface area contributed by atoms with Gasteiger partial charge in [-0.1, -0.05) is 6.92 Å². The van der Waals surface area contributed by atoms with E-state index < -0.39 is 5.97 Å². The number of carbonyl (C=O) groups excluding carboxylic acids is 2. The minimum atomic E-state index is -0.453. The third-order valence-electron chi connectivity index (χ3n) is 3.01. The van der Waals surface area contributed by atoms with Gasteiger partial charge in [-0.05, 0) is 19.8 Å². The molecule has 0 aliphatic carbocycles. The summed E-state index contributed by atoms with van der Waals surface area (Å²) in [6, 6.07) is 0. The molecule has 0 N–H and O–H groups in total. The zero-order valence-corrected chi connectivity index (χ0v) is 14.3. The highest BCUT2D eigenvalue weighted by Gasteiger charge is 2.17. The standard InChI is InChI=1S/C15H24N2O4S/c1-4-7-14(18)17(8-6-9-21-5-2)10-13-16-12(11-22-13)15(19)20-3/h11H,4-10H2,1-3H3. The maximum Gasteiger partial charge on any atom is 0.357 e. The number of amides is 1. The number of aromatic nitrogens is 1. The summed E-state index contributed by atoms with van der Waals surface area (Å²) in [7, 11) is 1.33. The largest absolute Gasteiger partial charge is 0.464 e. The number of esters is 1. The molecule has 0 aliphatic heterocycles. The van der Waals surface area contributed by atoms with Crippen LogP contribution in [0.4, 0.5) is 0 Å². The molecule has 1 aromatic rings. The first-order valence-electron chi connectivity index (χ1n) is 7.50. The second kappa shape index (κ2) is 10.3. The van der Waals surface area contributed by atoms with E-state index in [0.29, 0.717) is 38.4 Å². The van der Waals surface area contributed by atoms with Crippen molar-refractivity contribution in [1.29, 1.82) is 0 Å². The van der Waals surface area contributed by atoms with Crippen molar-refractivity contribution < 1.29 is 19.1 Å². The third kappa shape index (κ3) is 6.11. The van der Waals surface area contributed by atoms with Crippen LogP contribution >= 0.6 is 11.3 Å². The van der Waals surface area contributed by atoms with Crippen LogP contribution in [0.5, 0.6) is 0 Å². The summed E-state index contributed by atoms with van der Waals surface area (Å²) in [5.41, 5.74) is 0.291. The highest BCUT2D eigenvalue weighted by molar-refractivity contribution is 7.09. The second-order valence-electron chi connectivity index (χ2n) is 4.73. The second-order valence-corrected chi connectivity index (χ2v) is 5.68. The van der Waals surface area contributed by atoms with Gasteiger partial charge in [0.2, 0.25) is 5.91 Å². The number of rotatable bonds is 10. The summed E-state index contributed by atoms with van der Waals surface area (Å²) in [5.74, 6) is -0.348. The Morgan fingerprint density at radius 3 is 2.77 bits per heavy atom. The molecule has 0 aromatic carbocycles. The Kier molecular flexibility index (Phi) is 8.69. The number of thiazole rings is 1. The number of hydrogen-bond donors (Lipinski definition) is 0. The van der Waals surface area contributed by atoms with Gasteiger partial charge in [-0.2, -0.15) is 0 Å². The molecule has 22 heavy (non-hydrogen) atoms. The molecule has 1 rings (SSSR count). The molecule has 0 bridgehead atoms. The van der Waals surface area contributed by atoms with Gasteiger partial charge < -0.3 is 14.4 Å². The average molecular weight is 328 g/mol. The van der Waals surface area contributed by atoms with Crippen LogP contribution in [-0.4, -0.2) is 48.6 Å². The van der Waals surface area contributed by atoms with Crippen molar-refractivity contribution in [3.05, 3.63) is 16.1 Å². The maximum atomic E-state index is 12.2. The van der Waals surface area contributed by atoms with Gasteiger partial charge in [0.05, 0.1) is 13.7 Å². The highest BCUT2D eigenvalue weighted by Crippen LogP contribution is 2.14. The SMILES string of the molecule is CCCC(=O)N(CCCOCC)Cc1nc(C(=O)OC)cs1. The molecule has 6 nitrogen and oxygen atoms in total. The molecule has 1 amide bonds. The summed E-state index contributed by atoms with van der Waals surface area (Å²) < 4.78 is 9.95. The molecular weight excluding hydrogens is 304 g/mol. The fraction of sp³-hybridized carbons (Fsp3) is 0.667. The first-order chi connectivity index (χ1) is 10.6. The monoisotopic (exact) mass is 328 g/mol. The lowest BCUT2D eigenvalue weighted by Gasteiger charge is -2.21. The summed E-state index contributed by atoms with van der Waals surface area (Å²) in [6.07, 6.45) is 2.12. The van der Waals surface area contributed by atoms with Crippen LogP contribution in [-0.2, 0) is 20.8 Å². The molecule has 0 atom stereocenters. The Hall–Kier alpha value is -1.47. The molecule has 124 valence electrons. The zero-order valence-electron chi connectivity index (χ0n) is 13.5. The lowest BCUT2D eigenvalue weighted by molar-refractivity contribution is -0.132. The van der Waals surface area contributed by atoms with Gasteiger partial charge in [0.15, 0.2) is 5.69 Å². The predicted molar refractivity (Wildman–Crippen MR) is 84.9 cm³/mol. The fourth-order valence-electron chi connectivity index (χ4n) is 1.91. The molecule has 7 heteroatoms. The first kappa shape index (κ1) is 18.6. The van der Waals surface area contributed by atoms with Gasteiger partial charge in [-0.15, -0.1) is 11.3 Å². The van der Waals surface area contributed by atoms with Gasteiger partial charge in [-0.25, -0.2) is 9.78 Å². The van der Waals surface area contributed by atoms with Crippen molar-refractivity contribution >= 4 is 23.2 Å². The Morgan fingerprint density at radius 2 is 2.14 bits per heavy atom. The number of ether oxygens (including phenoxy) is 2. The van der Waals surface area contributed by atoms with Gasteiger partial charge >= 0.3 is 5.97 Å². The Labute approximate surface area is 135 Å². The molecule has 0 spiro atoms. The van der Waals surface area contributed by atoms with Crippen molar-refractivity contribution in [2.45, 2.75) is 39.7 Å². The average Bonchev–Trinajstić information content (AvgIpc) is 2.98. The van der Waals surface area contributed by atoms with E-state index in [4.69, 9.17) is 4.74 Å². The molecule has 0 fully saturated rings. The van der Waals surface area contributed by atoms with Gasteiger partial charge in [0, 0.05) is 31.6 Å². The molecule has 0 unspecified atom stereocenters. The number of methoxy groups -OCH3 is 1. The smallest absolute Gasteiger partial charge is 0.357 e. The zero-order chi connectivity index (χ0) is 16.4. The van der Waals surface area contributed by atoms with Crippen LogP contribution in [0.2, 0.25) is 0 Å². The topological polar surface area (TPSA) is 68.7 Å². The van der Waals surface area contributed by atoms with E-state index in [1.54, 1.807) is 10.3 Å². The molecular formula is C15H24N2O4S. The van der Waals surface area contributed by atoms with Gasteiger partial charge in [0.1, 0.15) is 5.01 Å². The van der Waals surface area contributed by atoms with Crippen LogP contribution in [0.25, 0.3) is 0 Å². The molecule has 0 aliphatic rings. The van der Waals surface area contributed by atoms with Crippen molar-refractivity contribution in [3.8, 4) is 0 Å². The van der Waals surface area contributed by atoms with E-state index in [1.807, 2.05) is 13.8 Å². The first-order valence-corrected chi connectivity index (χ1v) is 8.38. The normalized spacial score (nSPS) is 10.5. The minimum Gasteiger partial charge on any atom is -0.464 e. The van der Waals surface area contributed by atoms with E-state index in [2.05, 4.69) is 9.72 Å². The molecule has 0 radical (unpaired) electrons. The summed E-state index contributed by atoms with van der Waals surface area (Å²) in [6.45, 7) is 6.30. The Morgan fingerprint density at radius 1 is 1.36 bits per heavy atom. The van der Waals surface area contributed by atoms with E-state index >= 15 is 0 Å². The van der Waals surface area contributed by atoms with Crippen LogP contribution in [0.15, 0.2) is 5.38 Å². The lowest BCUT2D eigenvalue weighted by atomic mass is 10.3. The highest BCUT2D eigenvalue weighted by atomic mass is 32.1. The van der Waals surface area contributed by atoms with Crippen molar-refractivity contribution in [2.24, 2.45) is 0 Å². The van der Waals surface area contributed by atoms with E-state index in [9.17, 15) is 9.59 Å². The molecule has 0 saturated heterocycles. The third-order valence-corrected chi connectivity index (χ3v) is 3.84. The van der Waals surface area contributed by atoms with E-state index in [-0.39, 0.29) is 5.91 Å². The van der Waals surface area contributed by atoms with E-state index in [1.165, 1.54) is 18.4 Å². The Balaban J connectivity index is 2.64. The van der Waals surface area contributed by atoms with Crippen LogP contribution < -0.4 is 0 Å². The van der Waals surface area contributed by atoms with Crippen molar-refractivity contribution in [3.63, 3.8) is 0 Å². The maximum absolute atomic E-state index is 12.2.